The van der Waals surface area contributed by atoms with Crippen molar-refractivity contribution in [2.45, 2.75) is 39.2 Å². The van der Waals surface area contributed by atoms with Gasteiger partial charge in [-0.1, -0.05) is 0 Å². The van der Waals surface area contributed by atoms with Crippen LogP contribution in [0.15, 0.2) is 0 Å². The molecule has 1 unspecified atom stereocenters. The number of hydrogen-bond acceptors (Lipinski definition) is 6. The van der Waals surface area contributed by atoms with Crippen LogP contribution < -0.4 is 0 Å². The molecule has 1 fully saturated rings. The first-order valence-electron chi connectivity index (χ1n) is 6.57. The predicted octanol–water partition coefficient (Wildman–Crippen LogP) is 0.867. The van der Waals surface area contributed by atoms with E-state index in [4.69, 9.17) is 14.2 Å². The topological polar surface area (TPSA) is 78.9 Å². The molecular formula is C13H20O6. The zero-order valence-corrected chi connectivity index (χ0v) is 11.3. The van der Waals surface area contributed by atoms with Gasteiger partial charge in [-0.3, -0.25) is 14.4 Å². The van der Waals surface area contributed by atoms with Crippen LogP contribution in [0.1, 0.15) is 33.1 Å². The number of carbonyl (C=O) groups excluding carboxylic acids is 3. The van der Waals surface area contributed by atoms with E-state index in [1.807, 2.05) is 0 Å². The summed E-state index contributed by atoms with van der Waals surface area (Å²) >= 11 is 0. The van der Waals surface area contributed by atoms with E-state index >= 15 is 0 Å². The van der Waals surface area contributed by atoms with E-state index in [9.17, 15) is 14.4 Å². The van der Waals surface area contributed by atoms with Gasteiger partial charge in [0.1, 0.15) is 0 Å². The third kappa shape index (κ3) is 4.63. The van der Waals surface area contributed by atoms with E-state index < -0.39 is 23.6 Å². The second kappa shape index (κ2) is 7.89. The lowest BCUT2D eigenvalue weighted by atomic mass is 9.98. The molecule has 0 aromatic carbocycles. The first-order valence-corrected chi connectivity index (χ1v) is 6.57. The fourth-order valence-corrected chi connectivity index (χ4v) is 1.96. The van der Waals surface area contributed by atoms with Crippen LogP contribution >= 0.6 is 0 Å². The Morgan fingerprint density at radius 2 is 1.74 bits per heavy atom. The number of rotatable bonds is 7. The van der Waals surface area contributed by atoms with Crippen molar-refractivity contribution in [3.8, 4) is 0 Å². The molecule has 1 aliphatic heterocycles. The zero-order chi connectivity index (χ0) is 14.3. The Labute approximate surface area is 112 Å². The van der Waals surface area contributed by atoms with Crippen molar-refractivity contribution in [2.24, 2.45) is 5.92 Å². The van der Waals surface area contributed by atoms with Crippen LogP contribution in [0.3, 0.4) is 0 Å². The molecule has 0 radical (unpaired) electrons. The molecule has 0 spiro atoms. The number of ether oxygens (including phenoxy) is 3. The third-order valence-corrected chi connectivity index (χ3v) is 2.82. The number of ketones is 1. The molecule has 0 aromatic rings. The number of hydrogen-bond donors (Lipinski definition) is 0. The maximum atomic E-state index is 12.1. The van der Waals surface area contributed by atoms with Crippen LogP contribution in [0.25, 0.3) is 0 Å². The van der Waals surface area contributed by atoms with Gasteiger partial charge in [-0.2, -0.15) is 0 Å². The van der Waals surface area contributed by atoms with E-state index in [2.05, 4.69) is 0 Å². The van der Waals surface area contributed by atoms with E-state index in [0.717, 1.165) is 12.8 Å². The number of Topliss-reactive ketones (excluding diaryl/α,β-unsaturated/α-hetero) is 1. The average Bonchev–Trinajstić information content (AvgIpc) is 2.82. The molecule has 0 bridgehead atoms. The summed E-state index contributed by atoms with van der Waals surface area (Å²) in [5.41, 5.74) is 0. The molecule has 108 valence electrons. The lowest BCUT2D eigenvalue weighted by Crippen LogP contribution is -2.36. The highest BCUT2D eigenvalue weighted by atomic mass is 16.6. The van der Waals surface area contributed by atoms with Gasteiger partial charge in [0.25, 0.3) is 0 Å². The Balaban J connectivity index is 2.67. The first kappa shape index (κ1) is 15.6. The number of carbonyl (C=O) groups is 3. The van der Waals surface area contributed by atoms with Crippen LogP contribution in [0.5, 0.6) is 0 Å². The van der Waals surface area contributed by atoms with Crippen LogP contribution in [0, 0.1) is 5.92 Å². The fourth-order valence-electron chi connectivity index (χ4n) is 1.96. The molecule has 0 aliphatic carbocycles. The largest absolute Gasteiger partial charge is 0.465 e. The van der Waals surface area contributed by atoms with E-state index in [-0.39, 0.29) is 25.7 Å². The Hall–Kier alpha value is -1.43. The monoisotopic (exact) mass is 272 g/mol. The smallest absolute Gasteiger partial charge is 0.328 e. The van der Waals surface area contributed by atoms with Gasteiger partial charge in [0.05, 0.1) is 19.3 Å². The van der Waals surface area contributed by atoms with E-state index in [1.165, 1.54) is 0 Å². The molecule has 19 heavy (non-hydrogen) atoms. The SMILES string of the molecule is CCOC(=O)C(C(=O)CC1CCCO1)C(=O)OCC. The van der Waals surface area contributed by atoms with Crippen molar-refractivity contribution in [2.75, 3.05) is 19.8 Å². The normalized spacial score (nSPS) is 18.4. The molecule has 1 atom stereocenters. The van der Waals surface area contributed by atoms with Gasteiger partial charge in [0.15, 0.2) is 5.78 Å². The van der Waals surface area contributed by atoms with Crippen molar-refractivity contribution in [3.63, 3.8) is 0 Å². The third-order valence-electron chi connectivity index (χ3n) is 2.82. The molecule has 1 rings (SSSR count). The molecule has 0 saturated carbocycles. The minimum Gasteiger partial charge on any atom is -0.465 e. The summed E-state index contributed by atoms with van der Waals surface area (Å²) in [4.78, 5) is 35.4. The van der Waals surface area contributed by atoms with Crippen LogP contribution in [0.4, 0.5) is 0 Å². The quantitative estimate of drug-likeness (QED) is 0.505. The maximum Gasteiger partial charge on any atom is 0.328 e. The van der Waals surface area contributed by atoms with Gasteiger partial charge in [0, 0.05) is 13.0 Å². The molecule has 1 aliphatic rings. The second-order valence-electron chi connectivity index (χ2n) is 4.24. The molecule has 6 nitrogen and oxygen atoms in total. The summed E-state index contributed by atoms with van der Waals surface area (Å²) in [6.07, 6.45) is 1.49. The van der Waals surface area contributed by atoms with Crippen LogP contribution in [-0.4, -0.2) is 43.6 Å². The zero-order valence-electron chi connectivity index (χ0n) is 11.3. The van der Waals surface area contributed by atoms with E-state index in [0.29, 0.717) is 6.61 Å². The summed E-state index contributed by atoms with van der Waals surface area (Å²) < 4.78 is 14.8. The molecule has 0 aromatic heterocycles. The molecule has 6 heteroatoms. The lowest BCUT2D eigenvalue weighted by Gasteiger charge is -2.15. The summed E-state index contributed by atoms with van der Waals surface area (Å²) in [6.45, 7) is 4.07. The second-order valence-corrected chi connectivity index (χ2v) is 4.24. The highest BCUT2D eigenvalue weighted by molar-refractivity contribution is 6.15. The van der Waals surface area contributed by atoms with Crippen molar-refractivity contribution in [3.05, 3.63) is 0 Å². The molecular weight excluding hydrogens is 252 g/mol. The fraction of sp³-hybridized carbons (Fsp3) is 0.769. The van der Waals surface area contributed by atoms with Crippen molar-refractivity contribution in [1.29, 1.82) is 0 Å². The molecule has 0 amide bonds. The standard InChI is InChI=1S/C13H20O6/c1-3-17-12(15)11(13(16)18-4-2)10(14)8-9-6-5-7-19-9/h9,11H,3-8H2,1-2H3. The van der Waals surface area contributed by atoms with Gasteiger partial charge in [-0.25, -0.2) is 0 Å². The highest BCUT2D eigenvalue weighted by Gasteiger charge is 2.38. The molecule has 1 saturated heterocycles. The van der Waals surface area contributed by atoms with Gasteiger partial charge >= 0.3 is 11.9 Å². The molecule has 0 N–H and O–H groups in total. The van der Waals surface area contributed by atoms with Crippen molar-refractivity contribution < 1.29 is 28.6 Å². The molecule has 1 heterocycles. The van der Waals surface area contributed by atoms with Gasteiger partial charge in [-0.15, -0.1) is 0 Å². The highest BCUT2D eigenvalue weighted by Crippen LogP contribution is 2.19. The minimum absolute atomic E-state index is 0.0439. The van der Waals surface area contributed by atoms with Crippen LogP contribution in [0.2, 0.25) is 0 Å². The Morgan fingerprint density at radius 3 is 2.16 bits per heavy atom. The summed E-state index contributed by atoms with van der Waals surface area (Å²) in [7, 11) is 0. The predicted molar refractivity (Wildman–Crippen MR) is 65.4 cm³/mol. The van der Waals surface area contributed by atoms with E-state index in [1.54, 1.807) is 13.8 Å². The average molecular weight is 272 g/mol. The number of esters is 2. The van der Waals surface area contributed by atoms with Crippen LogP contribution in [-0.2, 0) is 28.6 Å². The minimum atomic E-state index is -1.48. The van der Waals surface area contributed by atoms with Crippen molar-refractivity contribution >= 4 is 17.7 Å². The summed E-state index contributed by atoms with van der Waals surface area (Å²) in [6, 6.07) is 0. The Kier molecular flexibility index (Phi) is 6.49. The maximum absolute atomic E-state index is 12.1. The summed E-state index contributed by atoms with van der Waals surface area (Å²) in [5.74, 6) is -3.67. The van der Waals surface area contributed by atoms with Gasteiger partial charge in [-0.05, 0) is 26.7 Å². The van der Waals surface area contributed by atoms with Gasteiger partial charge in [0.2, 0.25) is 5.92 Å². The van der Waals surface area contributed by atoms with Crippen molar-refractivity contribution in [1.82, 2.24) is 0 Å². The summed E-state index contributed by atoms with van der Waals surface area (Å²) in [5, 5.41) is 0. The Morgan fingerprint density at radius 1 is 1.16 bits per heavy atom. The van der Waals surface area contributed by atoms with Gasteiger partial charge < -0.3 is 14.2 Å². The lowest BCUT2D eigenvalue weighted by molar-refractivity contribution is -0.164. The Bertz CT molecular complexity index is 314. The first-order chi connectivity index (χ1) is 9.10.